The number of nitrogens with one attached hydrogen (secondary N) is 1. The summed E-state index contributed by atoms with van der Waals surface area (Å²) in [7, 11) is 0. The number of carbonyl (C=O) groups excluding carboxylic acids is 1. The zero-order valence-electron chi connectivity index (χ0n) is 17.8. The van der Waals surface area contributed by atoms with E-state index in [4.69, 9.17) is 0 Å². The Labute approximate surface area is 181 Å². The number of nitrogens with zero attached hydrogens (tertiary/aromatic N) is 2. The maximum Gasteiger partial charge on any atom is 0.416 e. The van der Waals surface area contributed by atoms with E-state index in [1.807, 2.05) is 32.0 Å². The molecule has 2 aromatic carbocycles. The third-order valence-electron chi connectivity index (χ3n) is 6.14. The molecule has 4 rings (SSSR count). The number of fused-ring (bicyclic) bond motifs is 3. The van der Waals surface area contributed by atoms with Crippen molar-refractivity contribution < 1.29 is 18.0 Å². The van der Waals surface area contributed by atoms with E-state index in [2.05, 4.69) is 27.2 Å². The molecule has 4 nitrogen and oxygen atoms in total. The molecule has 0 radical (unpaired) electrons. The fourth-order valence-electron chi connectivity index (χ4n) is 4.74. The Balaban J connectivity index is 1.63. The van der Waals surface area contributed by atoms with E-state index >= 15 is 0 Å². The molecule has 2 aromatic rings. The second kappa shape index (κ2) is 8.54. The summed E-state index contributed by atoms with van der Waals surface area (Å²) < 4.78 is 39.8. The van der Waals surface area contributed by atoms with Crippen LogP contribution in [0.2, 0.25) is 0 Å². The Morgan fingerprint density at radius 2 is 1.87 bits per heavy atom. The molecular formula is C24H28F3N3O. The van der Waals surface area contributed by atoms with E-state index in [0.717, 1.165) is 24.8 Å². The van der Waals surface area contributed by atoms with Gasteiger partial charge in [0.15, 0.2) is 0 Å². The highest BCUT2D eigenvalue weighted by atomic mass is 19.4. The van der Waals surface area contributed by atoms with Crippen molar-refractivity contribution >= 4 is 11.6 Å². The van der Waals surface area contributed by atoms with Crippen LogP contribution in [0, 0.1) is 5.92 Å². The van der Waals surface area contributed by atoms with Crippen molar-refractivity contribution in [3.05, 3.63) is 65.2 Å². The van der Waals surface area contributed by atoms with E-state index in [1.54, 1.807) is 6.07 Å². The summed E-state index contributed by atoms with van der Waals surface area (Å²) in [6.45, 7) is 6.77. The molecule has 0 aromatic heterocycles. The van der Waals surface area contributed by atoms with Crippen LogP contribution in [-0.4, -0.2) is 42.5 Å². The van der Waals surface area contributed by atoms with Gasteiger partial charge in [0.25, 0.3) is 0 Å². The second-order valence-electron chi connectivity index (χ2n) is 8.80. The smallest absolute Gasteiger partial charge is 0.365 e. The van der Waals surface area contributed by atoms with Crippen LogP contribution in [0.5, 0.6) is 0 Å². The number of hydrogen-bond acceptors (Lipinski definition) is 3. The summed E-state index contributed by atoms with van der Waals surface area (Å²) >= 11 is 0. The number of carbonyl (C=O) groups is 1. The third kappa shape index (κ3) is 4.71. The van der Waals surface area contributed by atoms with Gasteiger partial charge in [-0.1, -0.05) is 30.3 Å². The van der Waals surface area contributed by atoms with Crippen LogP contribution in [0.4, 0.5) is 18.9 Å². The van der Waals surface area contributed by atoms with Gasteiger partial charge in [-0.3, -0.25) is 9.69 Å². The minimum absolute atomic E-state index is 0.0205. The number of anilines is 1. The quantitative estimate of drug-likeness (QED) is 0.792. The lowest BCUT2D eigenvalue weighted by Crippen LogP contribution is -2.61. The van der Waals surface area contributed by atoms with Crippen molar-refractivity contribution in [2.45, 2.75) is 45.1 Å². The Bertz CT molecular complexity index is 929. The molecule has 1 saturated heterocycles. The van der Waals surface area contributed by atoms with Gasteiger partial charge >= 0.3 is 6.18 Å². The predicted octanol–water partition coefficient (Wildman–Crippen LogP) is 4.09. The molecule has 2 aliphatic rings. The first-order valence-electron chi connectivity index (χ1n) is 10.8. The Morgan fingerprint density at radius 3 is 2.55 bits per heavy atom. The van der Waals surface area contributed by atoms with E-state index < -0.39 is 17.7 Å². The average Bonchev–Trinajstić information content (AvgIpc) is 2.72. The van der Waals surface area contributed by atoms with Gasteiger partial charge in [-0.05, 0) is 49.6 Å². The molecule has 2 aliphatic heterocycles. The first-order valence-corrected chi connectivity index (χ1v) is 10.8. The van der Waals surface area contributed by atoms with Gasteiger partial charge in [-0.2, -0.15) is 13.2 Å². The molecular weight excluding hydrogens is 403 g/mol. The molecule has 2 heterocycles. The number of hydrogen-bond donors (Lipinski definition) is 1. The predicted molar refractivity (Wildman–Crippen MR) is 115 cm³/mol. The normalized spacial score (nSPS) is 21.5. The summed E-state index contributed by atoms with van der Waals surface area (Å²) in [6, 6.07) is 14.1. The van der Waals surface area contributed by atoms with Gasteiger partial charge in [0.2, 0.25) is 5.91 Å². The van der Waals surface area contributed by atoms with Crippen LogP contribution < -0.4 is 10.2 Å². The van der Waals surface area contributed by atoms with Crippen LogP contribution in [0.3, 0.4) is 0 Å². The zero-order chi connectivity index (χ0) is 22.2. The first kappa shape index (κ1) is 21.7. The van der Waals surface area contributed by atoms with Crippen molar-refractivity contribution in [1.29, 1.82) is 0 Å². The third-order valence-corrected chi connectivity index (χ3v) is 6.14. The van der Waals surface area contributed by atoms with Crippen LogP contribution in [0.1, 0.15) is 30.5 Å². The summed E-state index contributed by atoms with van der Waals surface area (Å²) in [5.41, 5.74) is 1.98. The monoisotopic (exact) mass is 431 g/mol. The molecule has 0 spiro atoms. The Hall–Kier alpha value is -2.54. The number of rotatable bonds is 4. The molecule has 31 heavy (non-hydrogen) atoms. The molecule has 0 unspecified atom stereocenters. The largest absolute Gasteiger partial charge is 0.416 e. The number of piperazine rings is 1. The fraction of sp³-hybridized carbons (Fsp3) is 0.458. The molecule has 0 saturated carbocycles. The lowest BCUT2D eigenvalue weighted by molar-refractivity contribution is -0.137. The lowest BCUT2D eigenvalue weighted by atomic mass is 9.82. The maximum atomic E-state index is 13.3. The van der Waals surface area contributed by atoms with Crippen molar-refractivity contribution in [2.24, 2.45) is 5.92 Å². The Kier molecular flexibility index (Phi) is 5.97. The number of amides is 1. The minimum atomic E-state index is -4.39. The highest BCUT2D eigenvalue weighted by Gasteiger charge is 2.42. The maximum absolute atomic E-state index is 13.3. The highest BCUT2D eigenvalue weighted by Crippen LogP contribution is 2.40. The van der Waals surface area contributed by atoms with E-state index in [9.17, 15) is 18.0 Å². The zero-order valence-corrected chi connectivity index (χ0v) is 17.8. The molecule has 7 heteroatoms. The Morgan fingerprint density at radius 1 is 1.13 bits per heavy atom. The summed E-state index contributed by atoms with van der Waals surface area (Å²) in [5, 5.41) is 2.98. The molecule has 1 amide bonds. The molecule has 2 atom stereocenters. The first-order chi connectivity index (χ1) is 14.7. The summed E-state index contributed by atoms with van der Waals surface area (Å²) in [6.07, 6.45) is -4.08. The van der Waals surface area contributed by atoms with Gasteiger partial charge in [-0.15, -0.1) is 0 Å². The van der Waals surface area contributed by atoms with Crippen LogP contribution in [0.15, 0.2) is 48.5 Å². The molecule has 1 N–H and O–H groups in total. The van der Waals surface area contributed by atoms with E-state index in [1.165, 1.54) is 11.6 Å². The van der Waals surface area contributed by atoms with Gasteiger partial charge < -0.3 is 10.2 Å². The van der Waals surface area contributed by atoms with Crippen molar-refractivity contribution in [3.8, 4) is 0 Å². The van der Waals surface area contributed by atoms with Crippen LogP contribution in [0.25, 0.3) is 0 Å². The fourth-order valence-corrected chi connectivity index (χ4v) is 4.74. The second-order valence-corrected chi connectivity index (χ2v) is 8.80. The number of benzene rings is 2. The minimum Gasteiger partial charge on any atom is -0.365 e. The molecule has 0 bridgehead atoms. The number of alkyl halides is 3. The van der Waals surface area contributed by atoms with Gasteiger partial charge in [0.1, 0.15) is 0 Å². The molecule has 166 valence electrons. The highest BCUT2D eigenvalue weighted by molar-refractivity contribution is 5.82. The van der Waals surface area contributed by atoms with E-state index in [-0.39, 0.29) is 18.0 Å². The van der Waals surface area contributed by atoms with Crippen molar-refractivity contribution in [1.82, 2.24) is 10.2 Å². The average molecular weight is 432 g/mol. The van der Waals surface area contributed by atoms with Crippen molar-refractivity contribution in [3.63, 3.8) is 0 Å². The lowest BCUT2D eigenvalue weighted by Gasteiger charge is -2.49. The van der Waals surface area contributed by atoms with Gasteiger partial charge in [0, 0.05) is 37.9 Å². The number of halogens is 3. The SMILES string of the molecule is CC(C)NC(=O)[C@@H]1Cc2cc(C(F)(F)F)ccc2N2CCN(Cc3ccccc3)C[C@@H]12. The van der Waals surface area contributed by atoms with E-state index in [0.29, 0.717) is 25.1 Å². The standard InChI is InChI=1S/C24H28F3N3O/c1-16(2)28-23(31)20-13-18-12-19(24(25,26)27)8-9-21(18)30-11-10-29(15-22(20)30)14-17-6-4-3-5-7-17/h3-9,12,16,20,22H,10-11,13-15H2,1-2H3,(H,28,31)/t20-,22+/m1/s1. The molecule has 1 fully saturated rings. The van der Waals surface area contributed by atoms with Crippen LogP contribution >= 0.6 is 0 Å². The van der Waals surface area contributed by atoms with Crippen molar-refractivity contribution in [2.75, 3.05) is 24.5 Å². The van der Waals surface area contributed by atoms with Gasteiger partial charge in [0.05, 0.1) is 17.5 Å². The summed E-state index contributed by atoms with van der Waals surface area (Å²) in [4.78, 5) is 17.5. The van der Waals surface area contributed by atoms with Crippen LogP contribution in [-0.2, 0) is 23.9 Å². The van der Waals surface area contributed by atoms with Gasteiger partial charge in [-0.25, -0.2) is 0 Å². The topological polar surface area (TPSA) is 35.6 Å². The summed E-state index contributed by atoms with van der Waals surface area (Å²) in [5.74, 6) is -0.480. The molecule has 0 aliphatic carbocycles.